The van der Waals surface area contributed by atoms with Gasteiger partial charge < -0.3 is 5.32 Å². The Hall–Kier alpha value is -1.84. The summed E-state index contributed by atoms with van der Waals surface area (Å²) in [4.78, 5) is 4.49. The molecule has 1 N–H and O–H groups in total. The fraction of sp³-hybridized carbons (Fsp3) is 0.273. The van der Waals surface area contributed by atoms with Crippen LogP contribution in [-0.2, 0) is 7.05 Å². The summed E-state index contributed by atoms with van der Waals surface area (Å²) in [7, 11) is 1.91. The van der Waals surface area contributed by atoms with Crippen molar-refractivity contribution in [1.82, 2.24) is 14.8 Å². The lowest BCUT2D eigenvalue weighted by Crippen LogP contribution is -2.01. The van der Waals surface area contributed by atoms with Gasteiger partial charge in [-0.15, -0.1) is 0 Å². The predicted molar refractivity (Wildman–Crippen MR) is 60.6 cm³/mol. The molecule has 0 spiro atoms. The first-order chi connectivity index (χ1) is 7.31. The highest BCUT2D eigenvalue weighted by atomic mass is 15.3. The van der Waals surface area contributed by atoms with Crippen LogP contribution >= 0.6 is 0 Å². The van der Waals surface area contributed by atoms with Gasteiger partial charge >= 0.3 is 0 Å². The molecule has 4 heteroatoms. The van der Waals surface area contributed by atoms with E-state index in [1.165, 1.54) is 0 Å². The van der Waals surface area contributed by atoms with Crippen molar-refractivity contribution >= 4 is 5.82 Å². The molecule has 0 aliphatic rings. The van der Waals surface area contributed by atoms with Gasteiger partial charge in [0, 0.05) is 19.8 Å². The van der Waals surface area contributed by atoms with E-state index in [0.29, 0.717) is 0 Å². The topological polar surface area (TPSA) is 42.7 Å². The average molecular weight is 202 g/mol. The van der Waals surface area contributed by atoms with Gasteiger partial charge in [0.1, 0.15) is 5.82 Å². The van der Waals surface area contributed by atoms with E-state index in [1.54, 1.807) is 6.20 Å². The third kappa shape index (κ3) is 1.98. The average Bonchev–Trinajstić information content (AvgIpc) is 2.65. The van der Waals surface area contributed by atoms with E-state index in [0.717, 1.165) is 23.8 Å². The van der Waals surface area contributed by atoms with Gasteiger partial charge in [-0.05, 0) is 25.1 Å². The molecule has 2 aromatic heterocycles. The molecule has 2 rings (SSSR count). The Morgan fingerprint density at radius 3 is 2.87 bits per heavy atom. The summed E-state index contributed by atoms with van der Waals surface area (Å²) < 4.78 is 1.82. The van der Waals surface area contributed by atoms with E-state index >= 15 is 0 Å². The number of rotatable bonds is 3. The molecule has 2 heterocycles. The summed E-state index contributed by atoms with van der Waals surface area (Å²) in [5.74, 6) is 0.899. The van der Waals surface area contributed by atoms with Crippen LogP contribution in [0.2, 0.25) is 0 Å². The second-order valence-electron chi connectivity index (χ2n) is 3.28. The molecule has 0 aromatic carbocycles. The fourth-order valence-corrected chi connectivity index (χ4v) is 1.48. The minimum absolute atomic E-state index is 0.877. The maximum Gasteiger partial charge on any atom is 0.126 e. The highest BCUT2D eigenvalue weighted by Gasteiger charge is 2.03. The van der Waals surface area contributed by atoms with Crippen molar-refractivity contribution in [1.29, 1.82) is 0 Å². The van der Waals surface area contributed by atoms with Gasteiger partial charge in [0.2, 0.25) is 0 Å². The number of hydrogen-bond donors (Lipinski definition) is 1. The number of nitrogens with zero attached hydrogens (tertiary/aromatic N) is 3. The van der Waals surface area contributed by atoms with Crippen molar-refractivity contribution in [2.24, 2.45) is 7.05 Å². The smallest absolute Gasteiger partial charge is 0.126 e. The number of aryl methyl sites for hydroxylation is 1. The number of anilines is 1. The zero-order valence-corrected chi connectivity index (χ0v) is 8.94. The number of hydrogen-bond acceptors (Lipinski definition) is 3. The molecule has 4 nitrogen and oxygen atoms in total. The zero-order chi connectivity index (χ0) is 10.7. The second kappa shape index (κ2) is 4.13. The lowest BCUT2D eigenvalue weighted by Gasteiger charge is -2.05. The molecule has 0 bridgehead atoms. The first kappa shape index (κ1) is 9.71. The molecular weight excluding hydrogens is 188 g/mol. The van der Waals surface area contributed by atoms with E-state index in [1.807, 2.05) is 36.0 Å². The summed E-state index contributed by atoms with van der Waals surface area (Å²) in [5, 5.41) is 7.31. The van der Waals surface area contributed by atoms with E-state index in [2.05, 4.69) is 22.3 Å². The van der Waals surface area contributed by atoms with Gasteiger partial charge in [-0.3, -0.25) is 4.68 Å². The molecule has 0 fully saturated rings. The Morgan fingerprint density at radius 2 is 2.20 bits per heavy atom. The molecule has 15 heavy (non-hydrogen) atoms. The Bertz CT molecular complexity index is 447. The van der Waals surface area contributed by atoms with Crippen LogP contribution in [0.4, 0.5) is 5.82 Å². The minimum atomic E-state index is 0.877. The van der Waals surface area contributed by atoms with Crippen LogP contribution in [0.1, 0.15) is 6.92 Å². The molecule has 0 amide bonds. The Morgan fingerprint density at radius 1 is 1.33 bits per heavy atom. The Kier molecular flexibility index (Phi) is 2.67. The van der Waals surface area contributed by atoms with Crippen LogP contribution in [0, 0.1) is 0 Å². The molecule has 78 valence electrons. The summed E-state index contributed by atoms with van der Waals surface area (Å²) in [5.41, 5.74) is 1.96. The van der Waals surface area contributed by atoms with E-state index in [4.69, 9.17) is 0 Å². The SMILES string of the molecule is CCNc1cccc(-c2ccnn2C)n1. The van der Waals surface area contributed by atoms with Gasteiger partial charge in [-0.2, -0.15) is 5.10 Å². The van der Waals surface area contributed by atoms with E-state index < -0.39 is 0 Å². The van der Waals surface area contributed by atoms with Crippen LogP contribution in [0.15, 0.2) is 30.5 Å². The molecule has 0 atom stereocenters. The lowest BCUT2D eigenvalue weighted by molar-refractivity contribution is 0.773. The van der Waals surface area contributed by atoms with Crippen molar-refractivity contribution in [2.75, 3.05) is 11.9 Å². The van der Waals surface area contributed by atoms with Gasteiger partial charge in [0.15, 0.2) is 0 Å². The highest BCUT2D eigenvalue weighted by molar-refractivity contribution is 5.57. The second-order valence-corrected chi connectivity index (χ2v) is 3.28. The van der Waals surface area contributed by atoms with Gasteiger partial charge in [0.25, 0.3) is 0 Å². The number of nitrogens with one attached hydrogen (secondary N) is 1. The maximum absolute atomic E-state index is 4.49. The quantitative estimate of drug-likeness (QED) is 0.826. The van der Waals surface area contributed by atoms with Crippen molar-refractivity contribution in [3.63, 3.8) is 0 Å². The molecule has 2 aromatic rings. The van der Waals surface area contributed by atoms with Crippen LogP contribution in [0.3, 0.4) is 0 Å². The van der Waals surface area contributed by atoms with Crippen LogP contribution < -0.4 is 5.32 Å². The highest BCUT2D eigenvalue weighted by Crippen LogP contribution is 2.17. The summed E-state index contributed by atoms with van der Waals surface area (Å²) >= 11 is 0. The first-order valence-corrected chi connectivity index (χ1v) is 5.00. The van der Waals surface area contributed by atoms with Crippen molar-refractivity contribution in [3.05, 3.63) is 30.5 Å². The molecule has 0 radical (unpaired) electrons. The molecule has 0 aliphatic carbocycles. The van der Waals surface area contributed by atoms with Gasteiger partial charge in [0.05, 0.1) is 11.4 Å². The van der Waals surface area contributed by atoms with Gasteiger partial charge in [-0.1, -0.05) is 6.07 Å². The maximum atomic E-state index is 4.49. The van der Waals surface area contributed by atoms with Crippen molar-refractivity contribution in [3.8, 4) is 11.4 Å². The summed E-state index contributed by atoms with van der Waals surface area (Å²) in [6, 6.07) is 7.90. The number of pyridine rings is 1. The Balaban J connectivity index is 2.37. The first-order valence-electron chi connectivity index (χ1n) is 5.00. The summed E-state index contributed by atoms with van der Waals surface area (Å²) in [6.45, 7) is 2.93. The third-order valence-corrected chi connectivity index (χ3v) is 2.19. The van der Waals surface area contributed by atoms with E-state index in [-0.39, 0.29) is 0 Å². The van der Waals surface area contributed by atoms with Crippen LogP contribution in [-0.4, -0.2) is 21.3 Å². The van der Waals surface area contributed by atoms with Crippen LogP contribution in [0.5, 0.6) is 0 Å². The lowest BCUT2D eigenvalue weighted by atomic mass is 10.2. The third-order valence-electron chi connectivity index (χ3n) is 2.19. The normalized spacial score (nSPS) is 10.3. The molecule has 0 aliphatic heterocycles. The molecule has 0 saturated carbocycles. The van der Waals surface area contributed by atoms with Gasteiger partial charge in [-0.25, -0.2) is 4.98 Å². The molecule has 0 saturated heterocycles. The predicted octanol–water partition coefficient (Wildman–Crippen LogP) is 1.91. The molecule has 0 unspecified atom stereocenters. The van der Waals surface area contributed by atoms with Crippen molar-refractivity contribution in [2.45, 2.75) is 6.92 Å². The van der Waals surface area contributed by atoms with Crippen molar-refractivity contribution < 1.29 is 0 Å². The monoisotopic (exact) mass is 202 g/mol. The Labute approximate surface area is 89.0 Å². The van der Waals surface area contributed by atoms with Crippen LogP contribution in [0.25, 0.3) is 11.4 Å². The summed E-state index contributed by atoms with van der Waals surface area (Å²) in [6.07, 6.45) is 1.77. The largest absolute Gasteiger partial charge is 0.370 e. The van der Waals surface area contributed by atoms with E-state index in [9.17, 15) is 0 Å². The minimum Gasteiger partial charge on any atom is -0.370 e. The fourth-order valence-electron chi connectivity index (χ4n) is 1.48. The standard InChI is InChI=1S/C11H14N4/c1-3-12-11-6-4-5-9(14-11)10-7-8-13-15(10)2/h4-8H,3H2,1-2H3,(H,12,14). The zero-order valence-electron chi connectivity index (χ0n) is 8.94. The number of aromatic nitrogens is 3. The molecular formula is C11H14N4.